The Morgan fingerprint density at radius 3 is 2.40 bits per heavy atom. The Morgan fingerprint density at radius 1 is 1.10 bits per heavy atom. The van der Waals surface area contributed by atoms with E-state index < -0.39 is 41.8 Å². The molecule has 0 spiro atoms. The predicted octanol–water partition coefficient (Wildman–Crippen LogP) is 6.30. The maximum Gasteiger partial charge on any atom is 0.416 e. The van der Waals surface area contributed by atoms with Crippen molar-refractivity contribution < 1.29 is 26.7 Å². The van der Waals surface area contributed by atoms with E-state index in [9.17, 15) is 26.7 Å². The monoisotopic (exact) mass is 559 g/mol. The SMILES string of the molecule is C[C@@H](NC1(C)CCC1)c1cc2c(c(C(F)(F)F)c1)CN(c1cccc(C3(c4nncn4C)CC(F)(F)C3)c1)C2=O. The summed E-state index contributed by atoms with van der Waals surface area (Å²) in [7, 11) is 1.68. The van der Waals surface area contributed by atoms with Crippen LogP contribution in [0.1, 0.15) is 90.4 Å². The summed E-state index contributed by atoms with van der Waals surface area (Å²) in [6, 6.07) is 8.88. The molecular formula is C29H30F5N5O. The third-order valence-electron chi connectivity index (χ3n) is 8.86. The van der Waals surface area contributed by atoms with Gasteiger partial charge in [-0.05, 0) is 74.1 Å². The van der Waals surface area contributed by atoms with Crippen LogP contribution in [0.3, 0.4) is 0 Å². The smallest absolute Gasteiger partial charge is 0.320 e. The minimum absolute atomic E-state index is 0.0147. The van der Waals surface area contributed by atoms with Crippen molar-refractivity contribution in [1.82, 2.24) is 20.1 Å². The molecule has 212 valence electrons. The Labute approximate surface area is 228 Å². The van der Waals surface area contributed by atoms with Crippen molar-refractivity contribution in [3.05, 3.63) is 76.4 Å². The molecule has 2 aliphatic carbocycles. The van der Waals surface area contributed by atoms with Gasteiger partial charge in [-0.25, -0.2) is 8.78 Å². The van der Waals surface area contributed by atoms with Crippen molar-refractivity contribution in [1.29, 1.82) is 0 Å². The highest BCUT2D eigenvalue weighted by Gasteiger charge is 2.60. The number of alkyl halides is 5. The van der Waals surface area contributed by atoms with Crippen LogP contribution in [0.4, 0.5) is 27.6 Å². The molecule has 6 rings (SSSR count). The van der Waals surface area contributed by atoms with Crippen LogP contribution in [0.15, 0.2) is 42.7 Å². The fourth-order valence-electron chi connectivity index (χ4n) is 6.61. The first-order valence-corrected chi connectivity index (χ1v) is 13.4. The summed E-state index contributed by atoms with van der Waals surface area (Å²) in [4.78, 5) is 14.9. The quantitative estimate of drug-likeness (QED) is 0.360. The highest BCUT2D eigenvalue weighted by atomic mass is 19.4. The molecule has 0 bridgehead atoms. The zero-order chi connectivity index (χ0) is 28.7. The van der Waals surface area contributed by atoms with Crippen LogP contribution in [0.25, 0.3) is 0 Å². The normalized spacial score (nSPS) is 21.5. The average molecular weight is 560 g/mol. The van der Waals surface area contributed by atoms with Gasteiger partial charge in [0.15, 0.2) is 0 Å². The number of carbonyl (C=O) groups excluding carboxylic acids is 1. The summed E-state index contributed by atoms with van der Waals surface area (Å²) in [5, 5.41) is 11.4. The lowest BCUT2D eigenvalue weighted by atomic mass is 9.61. The topological polar surface area (TPSA) is 63.0 Å². The van der Waals surface area contributed by atoms with Gasteiger partial charge in [0, 0.05) is 42.7 Å². The van der Waals surface area contributed by atoms with Crippen molar-refractivity contribution in [3.63, 3.8) is 0 Å². The zero-order valence-electron chi connectivity index (χ0n) is 22.4. The van der Waals surface area contributed by atoms with Crippen LogP contribution in [0.2, 0.25) is 0 Å². The van der Waals surface area contributed by atoms with Gasteiger partial charge >= 0.3 is 6.18 Å². The number of aromatic nitrogens is 3. The van der Waals surface area contributed by atoms with Crippen LogP contribution >= 0.6 is 0 Å². The molecule has 0 radical (unpaired) electrons. The van der Waals surface area contributed by atoms with E-state index in [-0.39, 0.29) is 29.3 Å². The number of hydrogen-bond donors (Lipinski definition) is 1. The fraction of sp³-hybridized carbons (Fsp3) is 0.483. The van der Waals surface area contributed by atoms with Crippen LogP contribution < -0.4 is 10.2 Å². The lowest BCUT2D eigenvalue weighted by molar-refractivity contribution is -0.138. The Bertz CT molecular complexity index is 1480. The summed E-state index contributed by atoms with van der Waals surface area (Å²) in [6.45, 7) is 3.60. The Balaban J connectivity index is 1.37. The van der Waals surface area contributed by atoms with E-state index in [1.165, 1.54) is 11.2 Å². The zero-order valence-corrected chi connectivity index (χ0v) is 22.4. The van der Waals surface area contributed by atoms with Crippen molar-refractivity contribution >= 4 is 11.6 Å². The first-order chi connectivity index (χ1) is 18.7. The van der Waals surface area contributed by atoms with E-state index in [1.54, 1.807) is 41.9 Å². The molecule has 1 N–H and O–H groups in total. The van der Waals surface area contributed by atoms with E-state index in [0.717, 1.165) is 25.3 Å². The van der Waals surface area contributed by atoms with E-state index in [4.69, 9.17) is 0 Å². The second-order valence-corrected chi connectivity index (χ2v) is 11.9. The number of aryl methyl sites for hydroxylation is 1. The summed E-state index contributed by atoms with van der Waals surface area (Å²) < 4.78 is 72.9. The number of amides is 1. The molecule has 0 unspecified atom stereocenters. The number of nitrogens with one attached hydrogen (secondary N) is 1. The molecule has 6 nitrogen and oxygen atoms in total. The van der Waals surface area contributed by atoms with Gasteiger partial charge in [0.05, 0.1) is 17.5 Å². The number of carbonyl (C=O) groups is 1. The minimum Gasteiger partial charge on any atom is -0.320 e. The molecule has 2 heterocycles. The standard InChI is InChI=1S/C29H30F5N5O/c1-17(36-26(2)8-5-9-26)18-10-21-22(23(11-18)29(32,33)34)13-39(24(21)40)20-7-4-6-19(12-20)27(14-28(30,31)15-27)25-37-35-16-38(25)3/h4,6-7,10-12,16-17,36H,5,8-9,13-15H2,1-3H3/t17-/m1/s1. The number of nitrogens with zero attached hydrogens (tertiary/aromatic N) is 4. The summed E-state index contributed by atoms with van der Waals surface area (Å²) in [5.41, 5.74) is -0.881. The lowest BCUT2D eigenvalue weighted by Gasteiger charge is -2.46. The van der Waals surface area contributed by atoms with Crippen molar-refractivity contribution in [2.45, 2.75) is 81.6 Å². The van der Waals surface area contributed by atoms with Gasteiger partial charge in [-0.15, -0.1) is 10.2 Å². The van der Waals surface area contributed by atoms with Crippen LogP contribution in [0, 0.1) is 0 Å². The number of rotatable bonds is 6. The predicted molar refractivity (Wildman–Crippen MR) is 138 cm³/mol. The van der Waals surface area contributed by atoms with Crippen molar-refractivity contribution in [2.24, 2.45) is 7.05 Å². The minimum atomic E-state index is -4.65. The first kappa shape index (κ1) is 26.9. The third-order valence-corrected chi connectivity index (χ3v) is 8.86. The number of hydrogen-bond acceptors (Lipinski definition) is 4. The van der Waals surface area contributed by atoms with Gasteiger partial charge in [-0.1, -0.05) is 12.1 Å². The molecule has 1 aromatic heterocycles. The van der Waals surface area contributed by atoms with Crippen LogP contribution in [-0.4, -0.2) is 32.1 Å². The second kappa shape index (κ2) is 8.83. The van der Waals surface area contributed by atoms with Crippen molar-refractivity contribution in [3.8, 4) is 0 Å². The average Bonchev–Trinajstić information content (AvgIpc) is 3.43. The van der Waals surface area contributed by atoms with Gasteiger partial charge in [-0.3, -0.25) is 4.79 Å². The van der Waals surface area contributed by atoms with Crippen LogP contribution in [-0.2, 0) is 25.2 Å². The molecule has 11 heteroatoms. The Hall–Kier alpha value is -3.34. The van der Waals surface area contributed by atoms with Gasteiger partial charge in [0.2, 0.25) is 0 Å². The molecule has 1 atom stereocenters. The largest absolute Gasteiger partial charge is 0.416 e. The number of anilines is 1. The Morgan fingerprint density at radius 2 is 1.82 bits per heavy atom. The van der Waals surface area contributed by atoms with E-state index in [0.29, 0.717) is 22.6 Å². The summed E-state index contributed by atoms with van der Waals surface area (Å²) >= 11 is 0. The molecule has 2 saturated carbocycles. The number of halogens is 5. The second-order valence-electron chi connectivity index (χ2n) is 11.9. The van der Waals surface area contributed by atoms with E-state index in [2.05, 4.69) is 22.4 Å². The van der Waals surface area contributed by atoms with Gasteiger partial charge in [0.1, 0.15) is 12.2 Å². The highest BCUT2D eigenvalue weighted by molar-refractivity contribution is 6.10. The number of fused-ring (bicyclic) bond motifs is 1. The molecule has 3 aliphatic rings. The highest BCUT2D eigenvalue weighted by Crippen LogP contribution is 2.57. The molecule has 0 saturated heterocycles. The first-order valence-electron chi connectivity index (χ1n) is 13.4. The fourth-order valence-corrected chi connectivity index (χ4v) is 6.61. The summed E-state index contributed by atoms with van der Waals surface area (Å²) in [6.07, 6.45) is -1.21. The molecule has 40 heavy (non-hydrogen) atoms. The number of benzene rings is 2. The molecule has 1 aliphatic heterocycles. The molecular weight excluding hydrogens is 529 g/mol. The molecule has 2 fully saturated rings. The van der Waals surface area contributed by atoms with Gasteiger partial charge < -0.3 is 14.8 Å². The molecule has 1 amide bonds. The third kappa shape index (κ3) is 4.29. The van der Waals surface area contributed by atoms with Crippen molar-refractivity contribution in [2.75, 3.05) is 4.90 Å². The van der Waals surface area contributed by atoms with E-state index in [1.807, 2.05) is 6.92 Å². The maximum absolute atomic E-state index is 14.3. The van der Waals surface area contributed by atoms with E-state index >= 15 is 0 Å². The summed E-state index contributed by atoms with van der Waals surface area (Å²) in [5.74, 6) is -3.06. The lowest BCUT2D eigenvalue weighted by Crippen LogP contribution is -2.51. The molecule has 3 aromatic rings. The van der Waals surface area contributed by atoms with Gasteiger partial charge in [0.25, 0.3) is 11.8 Å². The molecule has 2 aromatic carbocycles. The van der Waals surface area contributed by atoms with Crippen LogP contribution in [0.5, 0.6) is 0 Å². The maximum atomic E-state index is 14.3. The Kier molecular flexibility index (Phi) is 5.93. The van der Waals surface area contributed by atoms with Gasteiger partial charge in [-0.2, -0.15) is 13.2 Å².